The van der Waals surface area contributed by atoms with Crippen molar-refractivity contribution in [3.05, 3.63) is 4.91 Å². The van der Waals surface area contributed by atoms with Crippen LogP contribution in [0.2, 0.25) is 0 Å². The highest BCUT2D eigenvalue weighted by atomic mass is 35.6. The lowest BCUT2D eigenvalue weighted by atomic mass is 10.4. The smallest absolute Gasteiger partial charge is 0.147 e. The minimum Gasteiger partial charge on any atom is -0.147 e. The maximum atomic E-state index is 10.1. The number of hydrogen-bond donors (Lipinski definition) is 0. The summed E-state index contributed by atoms with van der Waals surface area (Å²) in [6, 6.07) is 0. The van der Waals surface area contributed by atoms with Gasteiger partial charge in [-0.3, -0.25) is 0 Å². The van der Waals surface area contributed by atoms with Gasteiger partial charge in [0.2, 0.25) is 8.13 Å². The van der Waals surface area contributed by atoms with E-state index in [1.54, 1.807) is 0 Å². The van der Waals surface area contributed by atoms with Crippen LogP contribution >= 0.6 is 81.2 Å². The van der Waals surface area contributed by atoms with Crippen molar-refractivity contribution >= 4 is 81.2 Å². The molecule has 0 aromatic carbocycles. The molecule has 0 unspecified atom stereocenters. The fourth-order valence-corrected chi connectivity index (χ4v) is 1.28. The molecule has 0 bridgehead atoms. The maximum absolute atomic E-state index is 10.1. The number of nitroso groups, excluding NO2 is 1. The third-order valence-electron chi connectivity index (χ3n) is 0.848. The van der Waals surface area contributed by atoms with E-state index in [0.717, 1.165) is 0 Å². The monoisotopic (exact) mass is 311 g/mol. The fraction of sp³-hybridized carbons (Fsp3) is 1.00. The number of alkyl halides is 7. The Morgan fingerprint density at radius 3 is 1.25 bits per heavy atom. The van der Waals surface area contributed by atoms with Crippen molar-refractivity contribution in [2.75, 3.05) is 0 Å². The Balaban J connectivity index is 4.97. The maximum Gasteiger partial charge on any atom is 0.285 e. The van der Waals surface area contributed by atoms with Gasteiger partial charge in [-0.15, -0.1) is 4.91 Å². The van der Waals surface area contributed by atoms with Gasteiger partial charge in [0, 0.05) is 0 Å². The van der Waals surface area contributed by atoms with Gasteiger partial charge in [-0.2, -0.15) is 0 Å². The van der Waals surface area contributed by atoms with E-state index in [0.29, 0.717) is 0 Å². The molecule has 0 aliphatic heterocycles. The van der Waals surface area contributed by atoms with E-state index in [1.165, 1.54) is 0 Å². The van der Waals surface area contributed by atoms with E-state index in [4.69, 9.17) is 81.2 Å². The second-order valence-electron chi connectivity index (χ2n) is 1.70. The molecule has 0 aromatic rings. The topological polar surface area (TPSA) is 29.4 Å². The lowest BCUT2D eigenvalue weighted by Crippen LogP contribution is -2.45. The van der Waals surface area contributed by atoms with Crippen LogP contribution in [-0.4, -0.2) is 12.6 Å². The SMILES string of the molecule is O=NC(Cl)(Cl)C(Cl)(Cl)C(Cl)(Cl)Cl. The molecule has 0 rings (SSSR count). The summed E-state index contributed by atoms with van der Waals surface area (Å²) in [5, 5.41) is 2.22. The average molecular weight is 314 g/mol. The molecule has 0 heterocycles. The van der Waals surface area contributed by atoms with Crippen LogP contribution in [-0.2, 0) is 0 Å². The third kappa shape index (κ3) is 2.57. The molecule has 0 radical (unpaired) electrons. The molecule has 0 aromatic heterocycles. The molecule has 0 saturated heterocycles. The van der Waals surface area contributed by atoms with E-state index in [-0.39, 0.29) is 0 Å². The molecule has 0 aliphatic rings. The second kappa shape index (κ2) is 4.01. The van der Waals surface area contributed by atoms with Gasteiger partial charge in [-0.05, 0) is 5.18 Å². The van der Waals surface area contributed by atoms with Crippen molar-refractivity contribution < 1.29 is 0 Å². The molecule has 72 valence electrons. The van der Waals surface area contributed by atoms with E-state index < -0.39 is 12.6 Å². The minimum absolute atomic E-state index is 2.22. The molecule has 9 heteroatoms. The van der Waals surface area contributed by atoms with Gasteiger partial charge in [0.25, 0.3) is 4.46 Å². The fourth-order valence-electron chi connectivity index (χ4n) is 0.228. The first-order chi connectivity index (χ1) is 5.06. The Labute approximate surface area is 103 Å². The highest BCUT2D eigenvalue weighted by Gasteiger charge is 2.61. The Hall–Kier alpha value is 1.63. The molecule has 12 heavy (non-hydrogen) atoms. The first-order valence-electron chi connectivity index (χ1n) is 2.23. The summed E-state index contributed by atoms with van der Waals surface area (Å²) in [7, 11) is 0. The van der Waals surface area contributed by atoms with Crippen LogP contribution in [0.3, 0.4) is 0 Å². The van der Waals surface area contributed by atoms with E-state index >= 15 is 0 Å². The molecule has 0 N–H and O–H groups in total. The predicted molar refractivity (Wildman–Crippen MR) is 55.0 cm³/mol. The zero-order valence-electron chi connectivity index (χ0n) is 5.00. The quantitative estimate of drug-likeness (QED) is 0.421. The summed E-state index contributed by atoms with van der Waals surface area (Å²) < 4.78 is -6.98. The van der Waals surface area contributed by atoms with Crippen LogP contribution in [0.5, 0.6) is 0 Å². The lowest BCUT2D eigenvalue weighted by molar-refractivity contribution is 0.684. The van der Waals surface area contributed by atoms with Crippen molar-refractivity contribution in [1.29, 1.82) is 0 Å². The van der Waals surface area contributed by atoms with E-state index in [9.17, 15) is 4.91 Å². The highest BCUT2D eigenvalue weighted by molar-refractivity contribution is 6.78. The molecule has 0 fully saturated rings. The van der Waals surface area contributed by atoms with Gasteiger partial charge in [-0.25, -0.2) is 0 Å². The van der Waals surface area contributed by atoms with Crippen LogP contribution in [0, 0.1) is 4.91 Å². The summed E-state index contributed by atoms with van der Waals surface area (Å²) in [5.74, 6) is 0. The molecule has 0 saturated carbocycles. The van der Waals surface area contributed by atoms with Crippen LogP contribution in [0.1, 0.15) is 0 Å². The Morgan fingerprint density at radius 2 is 1.17 bits per heavy atom. The molecule has 2 nitrogen and oxygen atoms in total. The first-order valence-corrected chi connectivity index (χ1v) is 4.87. The zero-order valence-corrected chi connectivity index (χ0v) is 10.3. The van der Waals surface area contributed by atoms with Crippen molar-refractivity contribution in [2.24, 2.45) is 5.18 Å². The summed E-state index contributed by atoms with van der Waals surface area (Å²) in [5.41, 5.74) is 0. The standard InChI is InChI=1S/C3Cl7NO/c4-1(5,2(6,7)8)3(9,10)11-12. The normalized spacial score (nSPS) is 14.6. The molecular weight excluding hydrogens is 314 g/mol. The minimum atomic E-state index is -2.43. The molecule has 0 amide bonds. The number of halogens is 7. The number of nitrogens with zero attached hydrogens (tertiary/aromatic N) is 1. The van der Waals surface area contributed by atoms with Gasteiger partial charge in [0.05, 0.1) is 0 Å². The molecule has 0 atom stereocenters. The zero-order chi connectivity index (χ0) is 10.2. The number of rotatable bonds is 2. The van der Waals surface area contributed by atoms with Crippen LogP contribution in [0.25, 0.3) is 0 Å². The van der Waals surface area contributed by atoms with Gasteiger partial charge in [0.1, 0.15) is 0 Å². The van der Waals surface area contributed by atoms with Crippen LogP contribution in [0.4, 0.5) is 0 Å². The van der Waals surface area contributed by atoms with Crippen LogP contribution < -0.4 is 0 Å². The third-order valence-corrected chi connectivity index (χ3v) is 4.49. The summed E-state index contributed by atoms with van der Waals surface area (Å²) in [6.07, 6.45) is 0. The van der Waals surface area contributed by atoms with E-state index in [2.05, 4.69) is 5.18 Å². The van der Waals surface area contributed by atoms with Gasteiger partial charge < -0.3 is 0 Å². The summed E-state index contributed by atoms with van der Waals surface area (Å²) in [4.78, 5) is 10.1. The Kier molecular flexibility index (Phi) is 4.56. The first kappa shape index (κ1) is 13.6. The van der Waals surface area contributed by atoms with Gasteiger partial charge >= 0.3 is 0 Å². The van der Waals surface area contributed by atoms with Crippen molar-refractivity contribution in [3.63, 3.8) is 0 Å². The summed E-state index contributed by atoms with van der Waals surface area (Å²) >= 11 is 37.2. The molecule has 0 spiro atoms. The number of hydrogen-bond acceptors (Lipinski definition) is 2. The van der Waals surface area contributed by atoms with E-state index in [1.807, 2.05) is 0 Å². The highest BCUT2D eigenvalue weighted by Crippen LogP contribution is 2.56. The van der Waals surface area contributed by atoms with Crippen molar-refractivity contribution in [2.45, 2.75) is 12.6 Å². The van der Waals surface area contributed by atoms with Gasteiger partial charge in [-0.1, -0.05) is 81.2 Å². The predicted octanol–water partition coefficient (Wildman–Crippen LogP) is 4.43. The largest absolute Gasteiger partial charge is 0.285 e. The second-order valence-corrected chi connectivity index (χ2v) is 6.60. The molecule has 0 aliphatic carbocycles. The molecular formula is C3Cl7NO. The summed E-state index contributed by atoms with van der Waals surface area (Å²) in [6.45, 7) is 0. The van der Waals surface area contributed by atoms with Gasteiger partial charge in [0.15, 0.2) is 0 Å². The Bertz CT molecular complexity index is 184. The average Bonchev–Trinajstić information content (AvgIpc) is 1.85. The van der Waals surface area contributed by atoms with Crippen molar-refractivity contribution in [3.8, 4) is 0 Å². The lowest BCUT2D eigenvalue weighted by Gasteiger charge is -2.32. The van der Waals surface area contributed by atoms with Crippen molar-refractivity contribution in [1.82, 2.24) is 0 Å². The Morgan fingerprint density at radius 1 is 0.833 bits per heavy atom. The van der Waals surface area contributed by atoms with Crippen LogP contribution in [0.15, 0.2) is 5.18 Å².